The zero-order chi connectivity index (χ0) is 23.2. The summed E-state index contributed by atoms with van der Waals surface area (Å²) in [6, 6.07) is 14.9. The summed E-state index contributed by atoms with van der Waals surface area (Å²) < 4.78 is 11.0. The van der Waals surface area contributed by atoms with Crippen LogP contribution in [0.25, 0.3) is 11.3 Å². The van der Waals surface area contributed by atoms with Crippen LogP contribution in [0.4, 0.5) is 11.5 Å². The number of benzene rings is 2. The van der Waals surface area contributed by atoms with Crippen LogP contribution in [0.5, 0.6) is 5.75 Å². The highest BCUT2D eigenvalue weighted by atomic mass is 16.5. The average Bonchev–Trinajstić information content (AvgIpc) is 2.86. The van der Waals surface area contributed by atoms with Crippen LogP contribution in [0.3, 0.4) is 0 Å². The van der Waals surface area contributed by atoms with Crippen LogP contribution in [0.15, 0.2) is 54.7 Å². The van der Waals surface area contributed by atoms with Gasteiger partial charge in [0.2, 0.25) is 0 Å². The van der Waals surface area contributed by atoms with Crippen LogP contribution in [0.2, 0.25) is 0 Å². The van der Waals surface area contributed by atoms with Crippen molar-refractivity contribution in [3.8, 4) is 17.0 Å². The van der Waals surface area contributed by atoms with Gasteiger partial charge in [-0.1, -0.05) is 18.2 Å². The van der Waals surface area contributed by atoms with Gasteiger partial charge in [-0.2, -0.15) is 0 Å². The predicted octanol–water partition coefficient (Wildman–Crippen LogP) is 3.64. The quantitative estimate of drug-likeness (QED) is 0.529. The van der Waals surface area contributed by atoms with Crippen molar-refractivity contribution in [2.24, 2.45) is 0 Å². The van der Waals surface area contributed by atoms with Gasteiger partial charge < -0.3 is 24.8 Å². The number of nitrogens with zero attached hydrogens (tertiary/aromatic N) is 3. The minimum Gasteiger partial charge on any atom is -0.490 e. The number of anilines is 2. The van der Waals surface area contributed by atoms with E-state index in [4.69, 9.17) is 9.47 Å². The van der Waals surface area contributed by atoms with Crippen LogP contribution in [0, 0.1) is 0 Å². The minimum atomic E-state index is -0.590. The number of nitrogens with one attached hydrogen (secondary N) is 1. The largest absolute Gasteiger partial charge is 0.490 e. The van der Waals surface area contributed by atoms with E-state index in [1.807, 2.05) is 42.5 Å². The number of methoxy groups -OCH3 is 1. The standard InChI is InChI=1S/C25H28N4O4/c1-29-12-10-21(11-13-29)33-20-8-6-19(7-9-20)27-24-23(25(31)32-2)28-22(15-26-24)18-5-3-4-17(14-18)16-30/h3-9,14-15,21,30H,10-13,16H2,1-2H3,(H,26,27). The fourth-order valence-electron chi connectivity index (χ4n) is 3.74. The molecule has 2 N–H and O–H groups in total. The molecule has 2 heterocycles. The first-order valence-corrected chi connectivity index (χ1v) is 10.9. The third-order valence-electron chi connectivity index (χ3n) is 5.64. The summed E-state index contributed by atoms with van der Waals surface area (Å²) in [5.74, 6) is 0.522. The van der Waals surface area contributed by atoms with Gasteiger partial charge in [0.1, 0.15) is 11.9 Å². The number of piperidine rings is 1. The van der Waals surface area contributed by atoms with E-state index in [1.165, 1.54) is 7.11 Å². The number of aliphatic hydroxyl groups is 1. The van der Waals surface area contributed by atoms with Crippen LogP contribution >= 0.6 is 0 Å². The smallest absolute Gasteiger partial charge is 0.360 e. The number of esters is 1. The summed E-state index contributed by atoms with van der Waals surface area (Å²) in [7, 11) is 3.43. The number of hydrogen-bond donors (Lipinski definition) is 2. The predicted molar refractivity (Wildman–Crippen MR) is 126 cm³/mol. The third-order valence-corrected chi connectivity index (χ3v) is 5.64. The lowest BCUT2D eigenvalue weighted by Crippen LogP contribution is -2.35. The number of aliphatic hydroxyl groups excluding tert-OH is 1. The molecule has 0 radical (unpaired) electrons. The van der Waals surface area contributed by atoms with E-state index in [0.717, 1.165) is 48.5 Å². The van der Waals surface area contributed by atoms with Crippen LogP contribution < -0.4 is 10.1 Å². The molecule has 8 heteroatoms. The number of aromatic nitrogens is 2. The minimum absolute atomic E-state index is 0.0797. The number of hydrogen-bond acceptors (Lipinski definition) is 8. The molecule has 1 aliphatic heterocycles. The summed E-state index contributed by atoms with van der Waals surface area (Å²) in [6.07, 6.45) is 3.85. The zero-order valence-electron chi connectivity index (χ0n) is 18.8. The van der Waals surface area contributed by atoms with E-state index < -0.39 is 5.97 Å². The van der Waals surface area contributed by atoms with Gasteiger partial charge in [0, 0.05) is 24.3 Å². The fraction of sp³-hybridized carbons (Fsp3) is 0.320. The summed E-state index contributed by atoms with van der Waals surface area (Å²) in [4.78, 5) is 23.6. The highest BCUT2D eigenvalue weighted by molar-refractivity contribution is 5.93. The molecule has 1 aromatic heterocycles. The Morgan fingerprint density at radius 3 is 2.64 bits per heavy atom. The van der Waals surface area contributed by atoms with E-state index >= 15 is 0 Å². The van der Waals surface area contributed by atoms with Crippen LogP contribution in [0.1, 0.15) is 28.9 Å². The van der Waals surface area contributed by atoms with Gasteiger partial charge in [-0.05, 0) is 55.8 Å². The van der Waals surface area contributed by atoms with Crippen molar-refractivity contribution in [1.82, 2.24) is 14.9 Å². The molecule has 1 fully saturated rings. The van der Waals surface area contributed by atoms with Crippen molar-refractivity contribution in [3.05, 3.63) is 66.0 Å². The second-order valence-corrected chi connectivity index (χ2v) is 8.07. The summed E-state index contributed by atoms with van der Waals surface area (Å²) in [5, 5.41) is 12.5. The normalized spacial score (nSPS) is 14.6. The maximum atomic E-state index is 12.4. The molecule has 172 valence electrons. The molecule has 33 heavy (non-hydrogen) atoms. The lowest BCUT2D eigenvalue weighted by Gasteiger charge is -2.29. The first kappa shape index (κ1) is 22.7. The van der Waals surface area contributed by atoms with Gasteiger partial charge in [0.25, 0.3) is 0 Å². The molecule has 0 aliphatic carbocycles. The van der Waals surface area contributed by atoms with E-state index in [-0.39, 0.29) is 18.4 Å². The number of ether oxygens (including phenoxy) is 2. The molecular formula is C25H28N4O4. The van der Waals surface area contributed by atoms with Gasteiger partial charge in [0.05, 0.1) is 25.6 Å². The van der Waals surface area contributed by atoms with E-state index in [0.29, 0.717) is 11.5 Å². The van der Waals surface area contributed by atoms with Crippen molar-refractivity contribution in [2.45, 2.75) is 25.6 Å². The van der Waals surface area contributed by atoms with E-state index in [2.05, 4.69) is 27.2 Å². The Labute approximate surface area is 193 Å². The molecule has 0 bridgehead atoms. The molecule has 0 unspecified atom stereocenters. The molecule has 1 saturated heterocycles. The molecule has 4 rings (SSSR count). The van der Waals surface area contributed by atoms with Gasteiger partial charge in [-0.3, -0.25) is 0 Å². The highest BCUT2D eigenvalue weighted by Gasteiger charge is 2.19. The van der Waals surface area contributed by atoms with E-state index in [9.17, 15) is 9.90 Å². The lowest BCUT2D eigenvalue weighted by molar-refractivity contribution is 0.0595. The maximum absolute atomic E-state index is 12.4. The van der Waals surface area contributed by atoms with Crippen molar-refractivity contribution >= 4 is 17.5 Å². The van der Waals surface area contributed by atoms with Gasteiger partial charge in [0.15, 0.2) is 11.5 Å². The molecule has 1 aliphatic rings. The van der Waals surface area contributed by atoms with Crippen molar-refractivity contribution < 1.29 is 19.4 Å². The second-order valence-electron chi connectivity index (χ2n) is 8.07. The molecule has 0 spiro atoms. The molecule has 2 aromatic carbocycles. The van der Waals surface area contributed by atoms with Gasteiger partial charge in [-0.15, -0.1) is 0 Å². The fourth-order valence-corrected chi connectivity index (χ4v) is 3.74. The second kappa shape index (κ2) is 10.4. The number of carbonyl (C=O) groups is 1. The summed E-state index contributed by atoms with van der Waals surface area (Å²) >= 11 is 0. The van der Waals surface area contributed by atoms with Gasteiger partial charge in [-0.25, -0.2) is 14.8 Å². The van der Waals surface area contributed by atoms with Crippen molar-refractivity contribution in [3.63, 3.8) is 0 Å². The molecule has 3 aromatic rings. The molecule has 8 nitrogen and oxygen atoms in total. The average molecular weight is 449 g/mol. The highest BCUT2D eigenvalue weighted by Crippen LogP contribution is 2.26. The Bertz CT molecular complexity index is 1100. The summed E-state index contributed by atoms with van der Waals surface area (Å²) in [6.45, 7) is 2.00. The molecular weight excluding hydrogens is 420 g/mol. The summed E-state index contributed by atoms with van der Waals surface area (Å²) in [5.41, 5.74) is 2.84. The van der Waals surface area contributed by atoms with Crippen LogP contribution in [-0.2, 0) is 11.3 Å². The Kier molecular flexibility index (Phi) is 7.16. The van der Waals surface area contributed by atoms with E-state index in [1.54, 1.807) is 12.3 Å². The maximum Gasteiger partial charge on any atom is 0.360 e. The lowest BCUT2D eigenvalue weighted by atomic mass is 10.1. The Hall–Kier alpha value is -3.49. The van der Waals surface area contributed by atoms with Crippen molar-refractivity contribution in [2.75, 3.05) is 32.6 Å². The number of carbonyl (C=O) groups excluding carboxylic acids is 1. The van der Waals surface area contributed by atoms with Gasteiger partial charge >= 0.3 is 5.97 Å². The Morgan fingerprint density at radius 1 is 1.18 bits per heavy atom. The first-order chi connectivity index (χ1) is 16.1. The van der Waals surface area contributed by atoms with Crippen LogP contribution in [-0.4, -0.2) is 59.3 Å². The first-order valence-electron chi connectivity index (χ1n) is 10.9. The van der Waals surface area contributed by atoms with Crippen molar-refractivity contribution in [1.29, 1.82) is 0 Å². The zero-order valence-corrected chi connectivity index (χ0v) is 18.8. The number of rotatable bonds is 7. The molecule has 0 atom stereocenters. The topological polar surface area (TPSA) is 96.8 Å². The Balaban J connectivity index is 1.51. The monoisotopic (exact) mass is 448 g/mol. The SMILES string of the molecule is COC(=O)c1nc(-c2cccc(CO)c2)cnc1Nc1ccc(OC2CCN(C)CC2)cc1. The molecule has 0 saturated carbocycles. The Morgan fingerprint density at radius 2 is 1.94 bits per heavy atom. The third kappa shape index (κ3) is 5.66. The molecule has 0 amide bonds. The number of likely N-dealkylation sites (tertiary alicyclic amines) is 1.